The minimum atomic E-state index is -3.76. The molecule has 1 amide bonds. The molecule has 0 radical (unpaired) electrons. The van der Waals surface area contributed by atoms with Crippen LogP contribution in [0.4, 0.5) is 10.8 Å². The Morgan fingerprint density at radius 3 is 2.61 bits per heavy atom. The zero-order valence-corrected chi connectivity index (χ0v) is 19.5. The zero-order valence-electron chi connectivity index (χ0n) is 17.9. The van der Waals surface area contributed by atoms with Crippen LogP contribution in [-0.4, -0.2) is 19.3 Å². The van der Waals surface area contributed by atoms with Gasteiger partial charge >= 0.3 is 0 Å². The number of rotatable bonds is 8. The summed E-state index contributed by atoms with van der Waals surface area (Å²) in [6, 6.07) is 15.0. The van der Waals surface area contributed by atoms with E-state index in [1.165, 1.54) is 41.8 Å². The highest BCUT2D eigenvalue weighted by molar-refractivity contribution is 7.93. The van der Waals surface area contributed by atoms with Gasteiger partial charge in [0.05, 0.1) is 4.90 Å². The van der Waals surface area contributed by atoms with Crippen molar-refractivity contribution >= 4 is 38.1 Å². The highest BCUT2D eigenvalue weighted by Gasteiger charge is 2.17. The van der Waals surface area contributed by atoms with Gasteiger partial charge in [0, 0.05) is 17.3 Å². The van der Waals surface area contributed by atoms with Crippen molar-refractivity contribution in [2.24, 2.45) is 0 Å². The first-order chi connectivity index (χ1) is 15.8. The molecule has 170 valence electrons. The largest absolute Gasteiger partial charge is 0.485 e. The molecule has 4 aromatic rings. The van der Waals surface area contributed by atoms with Gasteiger partial charge < -0.3 is 14.5 Å². The molecule has 2 heterocycles. The SMILES string of the molecule is Cc1ccc(C)c(OCc2ccc(C(=O)Nc3ccc(S(=O)(=O)Nc4nccs4)cc3)o2)c1. The Hall–Kier alpha value is -3.63. The van der Waals surface area contributed by atoms with Crippen LogP contribution in [0.5, 0.6) is 5.75 Å². The smallest absolute Gasteiger partial charge is 0.291 e. The van der Waals surface area contributed by atoms with Gasteiger partial charge in [-0.05, 0) is 67.4 Å². The van der Waals surface area contributed by atoms with E-state index in [4.69, 9.17) is 9.15 Å². The molecule has 0 aliphatic rings. The fourth-order valence-corrected chi connectivity index (χ4v) is 4.74. The minimum Gasteiger partial charge on any atom is -0.485 e. The Labute approximate surface area is 195 Å². The monoisotopic (exact) mass is 483 g/mol. The van der Waals surface area contributed by atoms with Crippen molar-refractivity contribution in [3.05, 3.63) is 88.8 Å². The van der Waals surface area contributed by atoms with E-state index in [0.29, 0.717) is 11.4 Å². The second kappa shape index (κ2) is 9.47. The van der Waals surface area contributed by atoms with E-state index < -0.39 is 15.9 Å². The average Bonchev–Trinajstić information content (AvgIpc) is 3.47. The summed E-state index contributed by atoms with van der Waals surface area (Å²) in [5.41, 5.74) is 2.53. The highest BCUT2D eigenvalue weighted by Crippen LogP contribution is 2.22. The van der Waals surface area contributed by atoms with Crippen molar-refractivity contribution in [2.75, 3.05) is 10.0 Å². The van der Waals surface area contributed by atoms with Crippen molar-refractivity contribution in [3.8, 4) is 5.75 Å². The highest BCUT2D eigenvalue weighted by atomic mass is 32.2. The molecular formula is C23H21N3O5S2. The first-order valence-corrected chi connectivity index (χ1v) is 12.3. The quantitative estimate of drug-likeness (QED) is 0.365. The maximum atomic E-state index is 12.5. The normalized spacial score (nSPS) is 11.2. The van der Waals surface area contributed by atoms with E-state index in [0.717, 1.165) is 16.9 Å². The summed E-state index contributed by atoms with van der Waals surface area (Å²) in [7, 11) is -3.76. The third-order valence-electron chi connectivity index (χ3n) is 4.68. The van der Waals surface area contributed by atoms with E-state index in [2.05, 4.69) is 15.0 Å². The van der Waals surface area contributed by atoms with Gasteiger partial charge in [-0.3, -0.25) is 9.52 Å². The van der Waals surface area contributed by atoms with Crippen molar-refractivity contribution in [3.63, 3.8) is 0 Å². The number of anilines is 2. The molecule has 8 nitrogen and oxygen atoms in total. The average molecular weight is 484 g/mol. The second-order valence-corrected chi connectivity index (χ2v) is 9.82. The molecule has 0 aliphatic heterocycles. The Kier molecular flexibility index (Phi) is 6.47. The maximum absolute atomic E-state index is 12.5. The summed E-state index contributed by atoms with van der Waals surface area (Å²) in [5, 5.41) is 4.64. The molecule has 0 aliphatic carbocycles. The third-order valence-corrected chi connectivity index (χ3v) is 6.85. The van der Waals surface area contributed by atoms with Crippen molar-refractivity contribution in [1.82, 2.24) is 4.98 Å². The number of hydrogen-bond acceptors (Lipinski definition) is 7. The number of thiazole rings is 1. The predicted octanol–water partition coefficient (Wildman–Crippen LogP) is 4.99. The summed E-state index contributed by atoms with van der Waals surface area (Å²) in [6.45, 7) is 4.14. The van der Waals surface area contributed by atoms with Crippen molar-refractivity contribution in [1.29, 1.82) is 0 Å². The number of benzene rings is 2. The summed E-state index contributed by atoms with van der Waals surface area (Å²) < 4.78 is 38.6. The summed E-state index contributed by atoms with van der Waals surface area (Å²) in [6.07, 6.45) is 1.51. The molecule has 2 aromatic heterocycles. The molecule has 0 atom stereocenters. The van der Waals surface area contributed by atoms with Gasteiger partial charge in [0.1, 0.15) is 18.1 Å². The Morgan fingerprint density at radius 1 is 1.09 bits per heavy atom. The van der Waals surface area contributed by atoms with E-state index in [9.17, 15) is 13.2 Å². The topological polar surface area (TPSA) is 111 Å². The van der Waals surface area contributed by atoms with Crippen LogP contribution in [-0.2, 0) is 16.6 Å². The van der Waals surface area contributed by atoms with E-state index >= 15 is 0 Å². The van der Waals surface area contributed by atoms with E-state index in [1.807, 2.05) is 32.0 Å². The van der Waals surface area contributed by atoms with E-state index in [-0.39, 0.29) is 22.4 Å². The standard InChI is InChI=1S/C23H21N3O5S2/c1-15-3-4-16(2)21(13-15)30-14-18-7-10-20(31-18)22(27)25-17-5-8-19(9-6-17)33(28,29)26-23-24-11-12-32-23/h3-13H,14H2,1-2H3,(H,24,26)(H,25,27). The first-order valence-electron chi connectivity index (χ1n) is 9.93. The van der Waals surface area contributed by atoms with Crippen LogP contribution >= 0.6 is 11.3 Å². The fraction of sp³-hybridized carbons (Fsp3) is 0.130. The molecule has 0 fully saturated rings. The number of nitrogens with one attached hydrogen (secondary N) is 2. The van der Waals surface area contributed by atoms with Gasteiger partial charge in [0.2, 0.25) is 0 Å². The van der Waals surface area contributed by atoms with Crippen LogP contribution in [0, 0.1) is 13.8 Å². The van der Waals surface area contributed by atoms with Crippen LogP contribution < -0.4 is 14.8 Å². The van der Waals surface area contributed by atoms with Crippen LogP contribution in [0.2, 0.25) is 0 Å². The van der Waals surface area contributed by atoms with Gasteiger partial charge in [-0.2, -0.15) is 0 Å². The molecule has 0 bridgehead atoms. The van der Waals surface area contributed by atoms with Gasteiger partial charge in [-0.15, -0.1) is 11.3 Å². The first kappa shape index (κ1) is 22.6. The van der Waals surface area contributed by atoms with Crippen LogP contribution in [0.25, 0.3) is 0 Å². The van der Waals surface area contributed by atoms with Crippen LogP contribution in [0.3, 0.4) is 0 Å². The lowest BCUT2D eigenvalue weighted by molar-refractivity contribution is 0.0992. The van der Waals surface area contributed by atoms with Crippen LogP contribution in [0.15, 0.2) is 75.5 Å². The molecule has 0 saturated carbocycles. The summed E-state index contributed by atoms with van der Waals surface area (Å²) in [4.78, 5) is 16.5. The Bertz CT molecular complexity index is 1360. The lowest BCUT2D eigenvalue weighted by atomic mass is 10.1. The molecular weight excluding hydrogens is 462 g/mol. The molecule has 10 heteroatoms. The maximum Gasteiger partial charge on any atom is 0.291 e. The number of sulfonamides is 1. The molecule has 4 rings (SSSR count). The number of aryl methyl sites for hydroxylation is 2. The molecule has 0 spiro atoms. The number of aromatic nitrogens is 1. The lowest BCUT2D eigenvalue weighted by Gasteiger charge is -2.08. The molecule has 33 heavy (non-hydrogen) atoms. The number of furan rings is 1. The van der Waals surface area contributed by atoms with Gasteiger partial charge in [0.15, 0.2) is 10.9 Å². The number of carbonyl (C=O) groups excluding carboxylic acids is 1. The Balaban J connectivity index is 1.36. The second-order valence-electron chi connectivity index (χ2n) is 7.24. The summed E-state index contributed by atoms with van der Waals surface area (Å²) in [5.74, 6) is 0.939. The van der Waals surface area contributed by atoms with E-state index in [1.54, 1.807) is 17.5 Å². The van der Waals surface area contributed by atoms with Crippen LogP contribution in [0.1, 0.15) is 27.4 Å². The molecule has 0 unspecified atom stereocenters. The number of hydrogen-bond donors (Lipinski definition) is 2. The molecule has 2 N–H and O–H groups in total. The van der Waals surface area contributed by atoms with Gasteiger partial charge in [0.25, 0.3) is 15.9 Å². The van der Waals surface area contributed by atoms with Crippen molar-refractivity contribution in [2.45, 2.75) is 25.3 Å². The predicted molar refractivity (Wildman–Crippen MR) is 126 cm³/mol. The third kappa shape index (κ3) is 5.60. The number of ether oxygens (including phenoxy) is 1. The van der Waals surface area contributed by atoms with Gasteiger partial charge in [-0.1, -0.05) is 12.1 Å². The number of amides is 1. The Morgan fingerprint density at radius 2 is 1.88 bits per heavy atom. The molecule has 0 saturated heterocycles. The molecule has 2 aromatic carbocycles. The number of carbonyl (C=O) groups is 1. The summed E-state index contributed by atoms with van der Waals surface area (Å²) >= 11 is 1.18. The minimum absolute atomic E-state index is 0.0552. The van der Waals surface area contributed by atoms with Gasteiger partial charge in [-0.25, -0.2) is 13.4 Å². The van der Waals surface area contributed by atoms with Crippen molar-refractivity contribution < 1.29 is 22.4 Å². The fourth-order valence-electron chi connectivity index (χ4n) is 2.95. The lowest BCUT2D eigenvalue weighted by Crippen LogP contribution is -2.13. The zero-order chi connectivity index (χ0) is 23.4. The number of nitrogens with zero attached hydrogens (tertiary/aromatic N) is 1.